The zero-order chi connectivity index (χ0) is 18.4. The fourth-order valence-corrected chi connectivity index (χ4v) is 2.60. The van der Waals surface area contributed by atoms with Crippen LogP contribution in [-0.4, -0.2) is 32.2 Å². The summed E-state index contributed by atoms with van der Waals surface area (Å²) in [6.07, 6.45) is 4.53. The van der Waals surface area contributed by atoms with Crippen LogP contribution in [0, 0.1) is 5.82 Å². The van der Waals surface area contributed by atoms with E-state index >= 15 is 0 Å². The van der Waals surface area contributed by atoms with Crippen LogP contribution in [0.15, 0.2) is 36.8 Å². The van der Waals surface area contributed by atoms with Gasteiger partial charge in [0.2, 0.25) is 5.91 Å². The normalized spacial score (nSPS) is 10.8. The van der Waals surface area contributed by atoms with Gasteiger partial charge in [-0.1, -0.05) is 19.1 Å². The molecular formula is C18H21FN6O. The van der Waals surface area contributed by atoms with Gasteiger partial charge in [0.1, 0.15) is 18.0 Å². The van der Waals surface area contributed by atoms with Crippen molar-refractivity contribution in [2.24, 2.45) is 0 Å². The van der Waals surface area contributed by atoms with Crippen LogP contribution in [0.4, 0.5) is 10.2 Å². The number of nitrogens with zero attached hydrogens (tertiary/aromatic N) is 4. The summed E-state index contributed by atoms with van der Waals surface area (Å²) >= 11 is 0. The maximum absolute atomic E-state index is 13.0. The minimum Gasteiger partial charge on any atom is -0.365 e. The Kier molecular flexibility index (Phi) is 5.73. The number of hydrogen-bond acceptors (Lipinski definition) is 5. The fraction of sp³-hybridized carbons (Fsp3) is 0.333. The Labute approximate surface area is 150 Å². The van der Waals surface area contributed by atoms with Gasteiger partial charge in [-0.05, 0) is 24.1 Å². The van der Waals surface area contributed by atoms with Gasteiger partial charge in [-0.25, -0.2) is 19.0 Å². The van der Waals surface area contributed by atoms with Gasteiger partial charge in [0.25, 0.3) is 0 Å². The van der Waals surface area contributed by atoms with E-state index in [1.165, 1.54) is 18.5 Å². The summed E-state index contributed by atoms with van der Waals surface area (Å²) in [5.74, 6) is 0.450. The Hall–Kier alpha value is -3.03. The van der Waals surface area contributed by atoms with Crippen molar-refractivity contribution in [3.8, 4) is 0 Å². The van der Waals surface area contributed by atoms with Crippen LogP contribution in [0.1, 0.15) is 25.3 Å². The SMILES string of the molecule is CCCC(=O)NCCn1ncc2c(NCc3ccc(F)cc3)ncnc21. The van der Waals surface area contributed by atoms with Gasteiger partial charge in [0, 0.05) is 19.5 Å². The number of hydrogen-bond donors (Lipinski definition) is 2. The van der Waals surface area contributed by atoms with Crippen LogP contribution in [0.2, 0.25) is 0 Å². The second-order valence-corrected chi connectivity index (χ2v) is 5.91. The number of anilines is 1. The Balaban J connectivity index is 1.66. The summed E-state index contributed by atoms with van der Waals surface area (Å²) < 4.78 is 14.7. The maximum atomic E-state index is 13.0. The molecule has 0 aliphatic carbocycles. The van der Waals surface area contributed by atoms with E-state index in [1.54, 1.807) is 23.0 Å². The van der Waals surface area contributed by atoms with Crippen molar-refractivity contribution in [3.05, 3.63) is 48.2 Å². The molecular weight excluding hydrogens is 335 g/mol. The third-order valence-electron chi connectivity index (χ3n) is 3.93. The highest BCUT2D eigenvalue weighted by molar-refractivity contribution is 5.86. The molecule has 2 heterocycles. The van der Waals surface area contributed by atoms with E-state index in [2.05, 4.69) is 25.7 Å². The summed E-state index contributed by atoms with van der Waals surface area (Å²) in [7, 11) is 0. The third kappa shape index (κ3) is 4.33. The van der Waals surface area contributed by atoms with Crippen molar-refractivity contribution in [2.75, 3.05) is 11.9 Å². The van der Waals surface area contributed by atoms with Crippen molar-refractivity contribution in [1.29, 1.82) is 0 Å². The summed E-state index contributed by atoms with van der Waals surface area (Å²) in [6.45, 7) is 3.52. The van der Waals surface area contributed by atoms with Crippen LogP contribution in [-0.2, 0) is 17.9 Å². The zero-order valence-electron chi connectivity index (χ0n) is 14.6. The molecule has 2 aromatic heterocycles. The number of carbonyl (C=O) groups excluding carboxylic acids is 1. The molecule has 2 N–H and O–H groups in total. The number of nitrogens with one attached hydrogen (secondary N) is 2. The number of rotatable bonds is 8. The van der Waals surface area contributed by atoms with Crippen molar-refractivity contribution in [1.82, 2.24) is 25.1 Å². The van der Waals surface area contributed by atoms with Crippen molar-refractivity contribution in [2.45, 2.75) is 32.9 Å². The van der Waals surface area contributed by atoms with Gasteiger partial charge in [0.15, 0.2) is 5.65 Å². The lowest BCUT2D eigenvalue weighted by Crippen LogP contribution is -2.27. The predicted molar refractivity (Wildman–Crippen MR) is 97.0 cm³/mol. The van der Waals surface area contributed by atoms with Gasteiger partial charge in [0.05, 0.1) is 18.1 Å². The highest BCUT2D eigenvalue weighted by Crippen LogP contribution is 2.19. The molecule has 0 fully saturated rings. The standard InChI is InChI=1S/C18H21FN6O/c1-2-3-16(26)20-8-9-25-18-15(11-24-25)17(22-12-23-18)21-10-13-4-6-14(19)7-5-13/h4-7,11-12H,2-3,8-10H2,1H3,(H,20,26)(H,21,22,23). The smallest absolute Gasteiger partial charge is 0.220 e. The molecule has 3 rings (SSSR count). The molecule has 0 bridgehead atoms. The molecule has 0 saturated carbocycles. The molecule has 0 atom stereocenters. The molecule has 136 valence electrons. The lowest BCUT2D eigenvalue weighted by molar-refractivity contribution is -0.121. The summed E-state index contributed by atoms with van der Waals surface area (Å²) in [5.41, 5.74) is 1.65. The molecule has 8 heteroatoms. The second kappa shape index (κ2) is 8.37. The van der Waals surface area contributed by atoms with Crippen LogP contribution in [0.3, 0.4) is 0 Å². The monoisotopic (exact) mass is 356 g/mol. The Morgan fingerprint density at radius 2 is 2.04 bits per heavy atom. The van der Waals surface area contributed by atoms with E-state index in [0.717, 1.165) is 17.4 Å². The van der Waals surface area contributed by atoms with Gasteiger partial charge in [-0.3, -0.25) is 4.79 Å². The second-order valence-electron chi connectivity index (χ2n) is 5.91. The van der Waals surface area contributed by atoms with Gasteiger partial charge in [-0.2, -0.15) is 5.10 Å². The first-order valence-corrected chi connectivity index (χ1v) is 8.59. The highest BCUT2D eigenvalue weighted by Gasteiger charge is 2.10. The number of amides is 1. The lowest BCUT2D eigenvalue weighted by Gasteiger charge is -2.08. The number of fused-ring (bicyclic) bond motifs is 1. The van der Waals surface area contributed by atoms with Gasteiger partial charge < -0.3 is 10.6 Å². The van der Waals surface area contributed by atoms with E-state index in [9.17, 15) is 9.18 Å². The summed E-state index contributed by atoms with van der Waals surface area (Å²) in [6, 6.07) is 6.31. The molecule has 0 unspecified atom stereocenters. The summed E-state index contributed by atoms with van der Waals surface area (Å²) in [4.78, 5) is 20.1. The van der Waals surface area contributed by atoms with E-state index < -0.39 is 0 Å². The lowest BCUT2D eigenvalue weighted by atomic mass is 10.2. The van der Waals surface area contributed by atoms with Crippen molar-refractivity contribution in [3.63, 3.8) is 0 Å². The first kappa shape index (κ1) is 17.8. The van der Waals surface area contributed by atoms with Crippen LogP contribution in [0.5, 0.6) is 0 Å². The van der Waals surface area contributed by atoms with Crippen LogP contribution in [0.25, 0.3) is 11.0 Å². The quantitative estimate of drug-likeness (QED) is 0.648. The third-order valence-corrected chi connectivity index (χ3v) is 3.93. The van der Waals surface area contributed by atoms with E-state index in [0.29, 0.717) is 37.5 Å². The minimum atomic E-state index is -0.259. The summed E-state index contributed by atoms with van der Waals surface area (Å²) in [5, 5.41) is 11.2. The molecule has 1 amide bonds. The van der Waals surface area contributed by atoms with E-state index in [4.69, 9.17) is 0 Å². The van der Waals surface area contributed by atoms with E-state index in [1.807, 2.05) is 6.92 Å². The number of halogens is 1. The Morgan fingerprint density at radius 1 is 1.23 bits per heavy atom. The molecule has 0 radical (unpaired) electrons. The van der Waals surface area contributed by atoms with E-state index in [-0.39, 0.29) is 11.7 Å². The van der Waals surface area contributed by atoms with Gasteiger partial charge >= 0.3 is 0 Å². The van der Waals surface area contributed by atoms with Crippen LogP contribution >= 0.6 is 0 Å². The molecule has 0 aliphatic rings. The molecule has 1 aromatic carbocycles. The first-order valence-electron chi connectivity index (χ1n) is 8.59. The van der Waals surface area contributed by atoms with Gasteiger partial charge in [-0.15, -0.1) is 0 Å². The molecule has 7 nitrogen and oxygen atoms in total. The average Bonchev–Trinajstić information content (AvgIpc) is 3.05. The van der Waals surface area contributed by atoms with Crippen LogP contribution < -0.4 is 10.6 Å². The largest absolute Gasteiger partial charge is 0.365 e. The van der Waals surface area contributed by atoms with Crippen molar-refractivity contribution < 1.29 is 9.18 Å². The minimum absolute atomic E-state index is 0.0419. The average molecular weight is 356 g/mol. The first-order chi connectivity index (χ1) is 12.7. The highest BCUT2D eigenvalue weighted by atomic mass is 19.1. The predicted octanol–water partition coefficient (Wildman–Crippen LogP) is 2.49. The Morgan fingerprint density at radius 3 is 2.81 bits per heavy atom. The molecule has 0 aliphatic heterocycles. The molecule has 0 spiro atoms. The molecule has 3 aromatic rings. The number of benzene rings is 1. The zero-order valence-corrected chi connectivity index (χ0v) is 14.6. The fourth-order valence-electron chi connectivity index (χ4n) is 2.60. The maximum Gasteiger partial charge on any atom is 0.220 e. The topological polar surface area (TPSA) is 84.7 Å². The number of carbonyl (C=O) groups is 1. The van der Waals surface area contributed by atoms with Crippen molar-refractivity contribution >= 4 is 22.8 Å². The molecule has 0 saturated heterocycles. The Bertz CT molecular complexity index is 877. The number of aromatic nitrogens is 4. The molecule has 26 heavy (non-hydrogen) atoms.